The molecular formula is C10H15N5. The number of fused-ring (bicyclic) bond motifs is 1. The molecule has 2 heterocycles. The number of nitrogens with two attached hydrogens (primary N) is 1. The molecule has 2 aromatic heterocycles. The van der Waals surface area contributed by atoms with Crippen LogP contribution in [0.25, 0.3) is 11.0 Å². The van der Waals surface area contributed by atoms with Crippen LogP contribution in [0.1, 0.15) is 31.9 Å². The van der Waals surface area contributed by atoms with Crippen molar-refractivity contribution in [3.8, 4) is 0 Å². The smallest absolute Gasteiger partial charge is 0.186 e. The summed E-state index contributed by atoms with van der Waals surface area (Å²) in [5.74, 6) is 0.514. The number of rotatable bonds is 4. The van der Waals surface area contributed by atoms with Crippen molar-refractivity contribution in [1.82, 2.24) is 20.2 Å². The molecule has 0 spiro atoms. The van der Waals surface area contributed by atoms with Crippen molar-refractivity contribution in [2.24, 2.45) is 0 Å². The fourth-order valence-electron chi connectivity index (χ4n) is 1.67. The van der Waals surface area contributed by atoms with Crippen LogP contribution in [0.15, 0.2) is 6.33 Å². The first-order valence-corrected chi connectivity index (χ1v) is 5.26. The molecule has 0 unspecified atom stereocenters. The second-order valence-electron chi connectivity index (χ2n) is 3.62. The van der Waals surface area contributed by atoms with Crippen LogP contribution in [0.4, 0.5) is 5.82 Å². The number of aromatic amines is 1. The van der Waals surface area contributed by atoms with Gasteiger partial charge in [0.2, 0.25) is 0 Å². The van der Waals surface area contributed by atoms with E-state index in [1.807, 2.05) is 0 Å². The Kier molecular flexibility index (Phi) is 2.80. The second kappa shape index (κ2) is 4.25. The summed E-state index contributed by atoms with van der Waals surface area (Å²) in [4.78, 5) is 8.03. The molecule has 5 heteroatoms. The average Bonchev–Trinajstić information content (AvgIpc) is 2.63. The zero-order valence-electron chi connectivity index (χ0n) is 8.82. The number of nitrogens with one attached hydrogen (secondary N) is 1. The van der Waals surface area contributed by atoms with E-state index in [-0.39, 0.29) is 0 Å². The van der Waals surface area contributed by atoms with Crippen molar-refractivity contribution in [2.75, 3.05) is 5.73 Å². The van der Waals surface area contributed by atoms with Crippen molar-refractivity contribution >= 4 is 16.9 Å². The maximum Gasteiger partial charge on any atom is 0.186 e. The minimum absolute atomic E-state index is 0.514. The summed E-state index contributed by atoms with van der Waals surface area (Å²) in [5, 5.41) is 7.97. The predicted molar refractivity (Wildman–Crippen MR) is 59.3 cm³/mol. The highest BCUT2D eigenvalue weighted by molar-refractivity contribution is 5.87. The normalized spacial score (nSPS) is 11.0. The van der Waals surface area contributed by atoms with Crippen molar-refractivity contribution < 1.29 is 0 Å². The summed E-state index contributed by atoms with van der Waals surface area (Å²) < 4.78 is 0. The third kappa shape index (κ3) is 1.91. The zero-order chi connectivity index (χ0) is 10.7. The molecule has 15 heavy (non-hydrogen) atoms. The fraction of sp³-hybridized carbons (Fsp3) is 0.500. The number of H-pyrrole nitrogens is 1. The van der Waals surface area contributed by atoms with Crippen LogP contribution in [0.2, 0.25) is 0 Å². The molecule has 80 valence electrons. The molecule has 0 bridgehead atoms. The van der Waals surface area contributed by atoms with Gasteiger partial charge in [-0.1, -0.05) is 19.8 Å². The van der Waals surface area contributed by atoms with Gasteiger partial charge in [0.15, 0.2) is 5.65 Å². The lowest BCUT2D eigenvalue weighted by Crippen LogP contribution is -1.94. The number of hydrogen-bond acceptors (Lipinski definition) is 4. The van der Waals surface area contributed by atoms with Gasteiger partial charge < -0.3 is 5.73 Å². The number of aryl methyl sites for hydroxylation is 1. The summed E-state index contributed by atoms with van der Waals surface area (Å²) in [6.45, 7) is 2.18. The predicted octanol–water partition coefficient (Wildman–Crippen LogP) is 1.67. The number of unbranched alkanes of at least 4 members (excludes halogenated alkanes) is 2. The zero-order valence-corrected chi connectivity index (χ0v) is 8.82. The van der Waals surface area contributed by atoms with Crippen LogP contribution in [0.5, 0.6) is 0 Å². The lowest BCUT2D eigenvalue weighted by atomic mass is 10.1. The number of anilines is 1. The minimum Gasteiger partial charge on any atom is -0.383 e. The molecule has 2 rings (SSSR count). The monoisotopic (exact) mass is 205 g/mol. The van der Waals surface area contributed by atoms with Crippen molar-refractivity contribution in [3.05, 3.63) is 12.0 Å². The summed E-state index contributed by atoms with van der Waals surface area (Å²) >= 11 is 0. The first-order chi connectivity index (χ1) is 7.33. The fourth-order valence-corrected chi connectivity index (χ4v) is 1.67. The molecule has 0 aliphatic carbocycles. The summed E-state index contributed by atoms with van der Waals surface area (Å²) in [6.07, 6.45) is 5.96. The van der Waals surface area contributed by atoms with E-state index in [9.17, 15) is 0 Å². The van der Waals surface area contributed by atoms with Gasteiger partial charge in [-0.15, -0.1) is 0 Å². The SMILES string of the molecule is CCCCCc1[nH]nc2ncnc(N)c12. The molecule has 0 aliphatic heterocycles. The van der Waals surface area contributed by atoms with Crippen LogP contribution in [0.3, 0.4) is 0 Å². The Hall–Kier alpha value is -1.65. The summed E-state index contributed by atoms with van der Waals surface area (Å²) in [5.41, 5.74) is 7.51. The molecule has 0 atom stereocenters. The molecule has 5 nitrogen and oxygen atoms in total. The van der Waals surface area contributed by atoms with Crippen LogP contribution in [-0.2, 0) is 6.42 Å². The van der Waals surface area contributed by atoms with Crippen LogP contribution < -0.4 is 5.73 Å². The first-order valence-electron chi connectivity index (χ1n) is 5.26. The Morgan fingerprint density at radius 3 is 3.00 bits per heavy atom. The van der Waals surface area contributed by atoms with Crippen LogP contribution in [0, 0.1) is 0 Å². The summed E-state index contributed by atoms with van der Waals surface area (Å²) in [6, 6.07) is 0. The Morgan fingerprint density at radius 1 is 1.33 bits per heavy atom. The van der Waals surface area contributed by atoms with E-state index in [2.05, 4.69) is 27.1 Å². The Bertz CT molecular complexity index is 448. The van der Waals surface area contributed by atoms with Gasteiger partial charge in [-0.25, -0.2) is 9.97 Å². The van der Waals surface area contributed by atoms with Gasteiger partial charge in [0.05, 0.1) is 5.39 Å². The highest BCUT2D eigenvalue weighted by Crippen LogP contribution is 2.20. The van der Waals surface area contributed by atoms with Crippen molar-refractivity contribution in [1.29, 1.82) is 0 Å². The van der Waals surface area contributed by atoms with E-state index in [1.54, 1.807) is 0 Å². The van der Waals surface area contributed by atoms with Gasteiger partial charge in [-0.05, 0) is 12.8 Å². The molecule has 0 aliphatic rings. The molecule has 0 aromatic carbocycles. The molecule has 0 saturated heterocycles. The van der Waals surface area contributed by atoms with Gasteiger partial charge in [0.1, 0.15) is 12.1 Å². The van der Waals surface area contributed by atoms with Gasteiger partial charge in [-0.3, -0.25) is 5.10 Å². The molecule has 2 aromatic rings. The highest BCUT2D eigenvalue weighted by Gasteiger charge is 2.09. The molecule has 0 radical (unpaired) electrons. The number of nitrogen functional groups attached to an aromatic ring is 1. The third-order valence-electron chi connectivity index (χ3n) is 2.49. The van der Waals surface area contributed by atoms with Gasteiger partial charge in [-0.2, -0.15) is 5.10 Å². The quantitative estimate of drug-likeness (QED) is 0.744. The standard InChI is InChI=1S/C10H15N5/c1-2-3-4-5-7-8-9(11)12-6-13-10(8)15-14-7/h6H,2-5H2,1H3,(H3,11,12,13,14,15). The Labute approximate surface area is 88.1 Å². The van der Waals surface area contributed by atoms with Gasteiger partial charge in [0.25, 0.3) is 0 Å². The number of nitrogens with zero attached hydrogens (tertiary/aromatic N) is 3. The molecule has 3 N–H and O–H groups in total. The van der Waals surface area contributed by atoms with Crippen molar-refractivity contribution in [2.45, 2.75) is 32.6 Å². The second-order valence-corrected chi connectivity index (χ2v) is 3.62. The van der Waals surface area contributed by atoms with Crippen LogP contribution >= 0.6 is 0 Å². The Morgan fingerprint density at radius 2 is 2.20 bits per heavy atom. The topological polar surface area (TPSA) is 80.5 Å². The minimum atomic E-state index is 0.514. The van der Waals surface area contributed by atoms with Crippen molar-refractivity contribution in [3.63, 3.8) is 0 Å². The van der Waals surface area contributed by atoms with E-state index < -0.39 is 0 Å². The molecular weight excluding hydrogens is 190 g/mol. The first kappa shape index (κ1) is 9.89. The summed E-state index contributed by atoms with van der Waals surface area (Å²) in [7, 11) is 0. The number of aromatic nitrogens is 4. The highest BCUT2D eigenvalue weighted by atomic mass is 15.2. The van der Waals surface area contributed by atoms with Crippen LogP contribution in [-0.4, -0.2) is 20.2 Å². The van der Waals surface area contributed by atoms with Gasteiger partial charge >= 0.3 is 0 Å². The maximum atomic E-state index is 5.79. The van der Waals surface area contributed by atoms with E-state index in [0.717, 1.165) is 23.9 Å². The van der Waals surface area contributed by atoms with E-state index in [1.165, 1.54) is 19.2 Å². The van der Waals surface area contributed by atoms with Gasteiger partial charge in [0, 0.05) is 5.69 Å². The lowest BCUT2D eigenvalue weighted by molar-refractivity contribution is 0.707. The Balaban J connectivity index is 2.27. The lowest BCUT2D eigenvalue weighted by Gasteiger charge is -1.98. The third-order valence-corrected chi connectivity index (χ3v) is 2.49. The van der Waals surface area contributed by atoms with E-state index in [4.69, 9.17) is 5.73 Å². The number of hydrogen-bond donors (Lipinski definition) is 2. The van der Waals surface area contributed by atoms with E-state index >= 15 is 0 Å². The molecule has 0 saturated carbocycles. The largest absolute Gasteiger partial charge is 0.383 e. The molecule has 0 fully saturated rings. The average molecular weight is 205 g/mol. The maximum absolute atomic E-state index is 5.79. The molecule has 0 amide bonds. The van der Waals surface area contributed by atoms with E-state index in [0.29, 0.717) is 11.5 Å².